The van der Waals surface area contributed by atoms with Gasteiger partial charge in [0, 0.05) is 16.9 Å². The molecule has 58 valence electrons. The van der Waals surface area contributed by atoms with Crippen molar-refractivity contribution < 1.29 is 4.74 Å². The number of hydrogen-bond acceptors (Lipinski definition) is 3. The summed E-state index contributed by atoms with van der Waals surface area (Å²) in [6.07, 6.45) is -0.395. The van der Waals surface area contributed by atoms with E-state index in [4.69, 9.17) is 10.00 Å². The van der Waals surface area contributed by atoms with Crippen molar-refractivity contribution in [2.45, 2.75) is 13.0 Å². The molecule has 0 aliphatic rings. The molecule has 1 rings (SSSR count). The highest BCUT2D eigenvalue weighted by molar-refractivity contribution is 7.12. The summed E-state index contributed by atoms with van der Waals surface area (Å²) < 4.78 is 4.95. The Balaban J connectivity index is 2.84. The molecule has 0 unspecified atom stereocenters. The molecule has 0 aromatic carbocycles. The zero-order valence-corrected chi connectivity index (χ0v) is 7.31. The highest BCUT2D eigenvalue weighted by Crippen LogP contribution is 2.23. The summed E-state index contributed by atoms with van der Waals surface area (Å²) in [6, 6.07) is 5.99. The standard InChI is InChI=1S/C8H9NOS/c1-6-3-4-8(11-6)7(5-9)10-2/h3-4,7H,1-2H3/t7-/m1/s1. The zero-order valence-electron chi connectivity index (χ0n) is 6.50. The van der Waals surface area contributed by atoms with E-state index < -0.39 is 6.10 Å². The van der Waals surface area contributed by atoms with Gasteiger partial charge in [-0.05, 0) is 19.1 Å². The molecule has 0 saturated heterocycles. The third kappa shape index (κ3) is 1.79. The number of nitriles is 1. The van der Waals surface area contributed by atoms with E-state index >= 15 is 0 Å². The Hall–Kier alpha value is -0.850. The summed E-state index contributed by atoms with van der Waals surface area (Å²) >= 11 is 1.60. The molecule has 1 heterocycles. The van der Waals surface area contributed by atoms with E-state index in [0.717, 1.165) is 4.88 Å². The van der Waals surface area contributed by atoms with Crippen molar-refractivity contribution in [1.82, 2.24) is 0 Å². The van der Waals surface area contributed by atoms with Gasteiger partial charge < -0.3 is 4.74 Å². The number of thiophene rings is 1. The zero-order chi connectivity index (χ0) is 8.27. The molecular formula is C8H9NOS. The molecule has 1 aromatic rings. The van der Waals surface area contributed by atoms with E-state index in [2.05, 4.69) is 6.07 Å². The Bertz CT molecular complexity index is 274. The minimum atomic E-state index is -0.395. The quantitative estimate of drug-likeness (QED) is 0.677. The molecule has 0 radical (unpaired) electrons. The predicted molar refractivity (Wildman–Crippen MR) is 44.4 cm³/mol. The molecule has 0 fully saturated rings. The minimum Gasteiger partial charge on any atom is -0.361 e. The first kappa shape index (κ1) is 8.25. The minimum absolute atomic E-state index is 0.395. The summed E-state index contributed by atoms with van der Waals surface area (Å²) in [7, 11) is 1.54. The lowest BCUT2D eigenvalue weighted by Crippen LogP contribution is -1.93. The van der Waals surface area contributed by atoms with Gasteiger partial charge in [-0.15, -0.1) is 11.3 Å². The first-order valence-electron chi connectivity index (χ1n) is 3.26. The van der Waals surface area contributed by atoms with Crippen LogP contribution in [0.1, 0.15) is 15.9 Å². The monoisotopic (exact) mass is 167 g/mol. The maximum Gasteiger partial charge on any atom is 0.177 e. The molecule has 0 spiro atoms. The average molecular weight is 167 g/mol. The van der Waals surface area contributed by atoms with Gasteiger partial charge in [0.2, 0.25) is 0 Å². The van der Waals surface area contributed by atoms with E-state index in [1.807, 2.05) is 19.1 Å². The van der Waals surface area contributed by atoms with Gasteiger partial charge in [0.25, 0.3) is 0 Å². The molecule has 1 atom stereocenters. The van der Waals surface area contributed by atoms with Crippen LogP contribution in [0.15, 0.2) is 12.1 Å². The number of rotatable bonds is 2. The van der Waals surface area contributed by atoms with Gasteiger partial charge in [0.15, 0.2) is 6.10 Å². The molecule has 2 nitrogen and oxygen atoms in total. The van der Waals surface area contributed by atoms with Crippen LogP contribution in [0, 0.1) is 18.3 Å². The van der Waals surface area contributed by atoms with Crippen LogP contribution in [0.2, 0.25) is 0 Å². The summed E-state index contributed by atoms with van der Waals surface area (Å²) in [5, 5.41) is 8.62. The average Bonchev–Trinajstić information content (AvgIpc) is 2.39. The largest absolute Gasteiger partial charge is 0.361 e. The number of hydrogen-bond donors (Lipinski definition) is 0. The van der Waals surface area contributed by atoms with Gasteiger partial charge in [-0.25, -0.2) is 0 Å². The van der Waals surface area contributed by atoms with Crippen LogP contribution in [-0.2, 0) is 4.74 Å². The third-order valence-electron chi connectivity index (χ3n) is 1.37. The normalized spacial score (nSPS) is 12.5. The summed E-state index contributed by atoms with van der Waals surface area (Å²) in [4.78, 5) is 2.19. The fraction of sp³-hybridized carbons (Fsp3) is 0.375. The number of nitrogens with zero attached hydrogens (tertiary/aromatic N) is 1. The van der Waals surface area contributed by atoms with Crippen molar-refractivity contribution in [1.29, 1.82) is 5.26 Å². The lowest BCUT2D eigenvalue weighted by atomic mass is 10.3. The fourth-order valence-electron chi connectivity index (χ4n) is 0.827. The van der Waals surface area contributed by atoms with Crippen LogP contribution < -0.4 is 0 Å². The second-order valence-corrected chi connectivity index (χ2v) is 3.51. The van der Waals surface area contributed by atoms with Crippen molar-refractivity contribution in [2.75, 3.05) is 7.11 Å². The van der Waals surface area contributed by atoms with Crippen molar-refractivity contribution in [3.63, 3.8) is 0 Å². The lowest BCUT2D eigenvalue weighted by molar-refractivity contribution is 0.151. The van der Waals surface area contributed by atoms with E-state index in [9.17, 15) is 0 Å². The molecule has 0 amide bonds. The van der Waals surface area contributed by atoms with E-state index in [1.54, 1.807) is 18.4 Å². The predicted octanol–water partition coefficient (Wildman–Crippen LogP) is 2.27. The van der Waals surface area contributed by atoms with Gasteiger partial charge in [-0.1, -0.05) is 0 Å². The Labute approximate surface area is 70.0 Å². The van der Waals surface area contributed by atoms with Gasteiger partial charge in [0.1, 0.15) is 6.07 Å². The van der Waals surface area contributed by atoms with Gasteiger partial charge in [0.05, 0.1) is 0 Å². The van der Waals surface area contributed by atoms with E-state index in [1.165, 1.54) is 4.88 Å². The van der Waals surface area contributed by atoms with Crippen LogP contribution in [0.4, 0.5) is 0 Å². The van der Waals surface area contributed by atoms with Crippen LogP contribution >= 0.6 is 11.3 Å². The van der Waals surface area contributed by atoms with Crippen LogP contribution in [0.25, 0.3) is 0 Å². The molecule has 0 saturated carbocycles. The topological polar surface area (TPSA) is 33.0 Å². The maximum atomic E-state index is 8.62. The van der Waals surface area contributed by atoms with Crippen molar-refractivity contribution in [3.05, 3.63) is 21.9 Å². The second kappa shape index (κ2) is 3.51. The smallest absolute Gasteiger partial charge is 0.177 e. The molecule has 0 aliphatic heterocycles. The Morgan fingerprint density at radius 1 is 1.64 bits per heavy atom. The molecule has 0 bridgehead atoms. The fourth-order valence-corrected chi connectivity index (χ4v) is 1.73. The number of aryl methyl sites for hydroxylation is 1. The Morgan fingerprint density at radius 2 is 2.36 bits per heavy atom. The molecule has 1 aromatic heterocycles. The number of methoxy groups -OCH3 is 1. The lowest BCUT2D eigenvalue weighted by Gasteiger charge is -2.01. The van der Waals surface area contributed by atoms with Crippen molar-refractivity contribution >= 4 is 11.3 Å². The number of ether oxygens (including phenoxy) is 1. The van der Waals surface area contributed by atoms with Crippen molar-refractivity contribution in [2.24, 2.45) is 0 Å². The summed E-state index contributed by atoms with van der Waals surface area (Å²) in [5.41, 5.74) is 0. The first-order valence-corrected chi connectivity index (χ1v) is 4.08. The molecule has 0 N–H and O–H groups in total. The van der Waals surface area contributed by atoms with E-state index in [0.29, 0.717) is 0 Å². The Morgan fingerprint density at radius 3 is 2.73 bits per heavy atom. The molecule has 0 aliphatic carbocycles. The maximum absolute atomic E-state index is 8.62. The summed E-state index contributed by atoms with van der Waals surface area (Å²) in [6.45, 7) is 2.01. The Kier molecular flexibility index (Phi) is 2.64. The van der Waals surface area contributed by atoms with Crippen molar-refractivity contribution in [3.8, 4) is 6.07 Å². The highest BCUT2D eigenvalue weighted by Gasteiger charge is 2.09. The molecular weight excluding hydrogens is 158 g/mol. The van der Waals surface area contributed by atoms with Crippen LogP contribution in [0.5, 0.6) is 0 Å². The SMILES string of the molecule is CO[C@H](C#N)c1ccc(C)s1. The third-order valence-corrected chi connectivity index (χ3v) is 2.42. The first-order chi connectivity index (χ1) is 5.27. The highest BCUT2D eigenvalue weighted by atomic mass is 32.1. The van der Waals surface area contributed by atoms with E-state index in [-0.39, 0.29) is 0 Å². The van der Waals surface area contributed by atoms with Gasteiger partial charge >= 0.3 is 0 Å². The van der Waals surface area contributed by atoms with Crippen LogP contribution in [-0.4, -0.2) is 7.11 Å². The molecule has 11 heavy (non-hydrogen) atoms. The van der Waals surface area contributed by atoms with Crippen LogP contribution in [0.3, 0.4) is 0 Å². The second-order valence-electron chi connectivity index (χ2n) is 2.19. The van der Waals surface area contributed by atoms with Gasteiger partial charge in [-0.3, -0.25) is 0 Å². The summed E-state index contributed by atoms with van der Waals surface area (Å²) in [5.74, 6) is 0. The van der Waals surface area contributed by atoms with Gasteiger partial charge in [-0.2, -0.15) is 5.26 Å². The molecule has 3 heteroatoms.